The molecule has 0 aliphatic heterocycles. The largest absolute Gasteiger partial charge is 4.00 e. The van der Waals surface area contributed by atoms with Gasteiger partial charge in [-0.2, -0.15) is 4.21 Å². The molecule has 0 rings (SSSR count). The molecule has 0 aromatic rings. The van der Waals surface area contributed by atoms with Crippen LogP contribution in [0.2, 0.25) is 0 Å². The smallest absolute Gasteiger partial charge is 0.819 e. The molecule has 0 aliphatic carbocycles. The molecule has 0 saturated carbocycles. The van der Waals surface area contributed by atoms with Gasteiger partial charge in [-0.05, 0) is 12.8 Å². The molecule has 0 radical (unpaired) electrons. The normalized spacial score (nSPS) is 13.9. The van der Waals surface area contributed by atoms with E-state index in [4.69, 9.17) is 13.3 Å². The van der Waals surface area contributed by atoms with Crippen molar-refractivity contribution in [3.63, 3.8) is 0 Å². The van der Waals surface area contributed by atoms with Crippen molar-refractivity contribution in [2.45, 2.75) is 117 Å². The first-order chi connectivity index (χ1) is 15.1. The Hall–Kier alpha value is 2.55. The summed E-state index contributed by atoms with van der Waals surface area (Å²) >= 11 is 20.8. The summed E-state index contributed by atoms with van der Waals surface area (Å²) in [6.07, 6.45) is 19.8. The molecular weight excluding hydrogens is 638 g/mol. The summed E-state index contributed by atoms with van der Waals surface area (Å²) in [4.78, 5) is 21.7. The third-order valence-electron chi connectivity index (χ3n) is 4.49. The van der Waals surface area contributed by atoms with Gasteiger partial charge in [0.05, 0.1) is 0 Å². The minimum absolute atomic E-state index is 0. The van der Waals surface area contributed by atoms with E-state index in [0.29, 0.717) is 13.2 Å². The van der Waals surface area contributed by atoms with Crippen molar-refractivity contribution >= 4 is 72.0 Å². The molecule has 0 bridgehead atoms. The first-order valence-electron chi connectivity index (χ1n) is 11.6. The van der Waals surface area contributed by atoms with Crippen LogP contribution in [0.1, 0.15) is 117 Å². The quantitative estimate of drug-likeness (QED) is 0.0641. The molecular formula is C20H42MoO5P2S5. The Morgan fingerprint density at radius 2 is 0.788 bits per heavy atom. The SMILES string of the molecule is CCCCCCCCCCOP([O-])(=S)[S-].CCCCCCCCCCOP([O-])(=S)[S-].O=S.[Mo+4]. The minimum Gasteiger partial charge on any atom is -0.819 e. The summed E-state index contributed by atoms with van der Waals surface area (Å²) < 4.78 is 17.6. The fourth-order valence-electron chi connectivity index (χ4n) is 2.82. The number of hydrogen-bond acceptors (Lipinski definition) is 10. The summed E-state index contributed by atoms with van der Waals surface area (Å²) in [6, 6.07) is 0. The van der Waals surface area contributed by atoms with Crippen LogP contribution in [0.4, 0.5) is 0 Å². The molecule has 0 saturated heterocycles. The molecule has 198 valence electrons. The molecule has 13 heteroatoms. The minimum atomic E-state index is -3.07. The van der Waals surface area contributed by atoms with Gasteiger partial charge < -0.3 is 43.3 Å². The van der Waals surface area contributed by atoms with Crippen LogP contribution in [0.5, 0.6) is 0 Å². The van der Waals surface area contributed by atoms with Gasteiger partial charge in [-0.3, -0.25) is 0 Å². The zero-order valence-electron chi connectivity index (χ0n) is 20.1. The van der Waals surface area contributed by atoms with Crippen LogP contribution in [-0.2, 0) is 90.8 Å². The second kappa shape index (κ2) is 32.6. The monoisotopic (exact) mass is 682 g/mol. The summed E-state index contributed by atoms with van der Waals surface area (Å²) in [5, 5.41) is 0. The molecule has 0 N–H and O–H groups in total. The van der Waals surface area contributed by atoms with Crippen molar-refractivity contribution < 1.29 is 44.1 Å². The van der Waals surface area contributed by atoms with Crippen LogP contribution in [0, 0.1) is 0 Å². The van der Waals surface area contributed by atoms with Gasteiger partial charge in [0.1, 0.15) is 0 Å². The van der Waals surface area contributed by atoms with Gasteiger partial charge in [-0.25, -0.2) is 0 Å². The van der Waals surface area contributed by atoms with Gasteiger partial charge in [0.25, 0.3) is 0 Å². The van der Waals surface area contributed by atoms with Crippen molar-refractivity contribution in [3.05, 3.63) is 0 Å². The van der Waals surface area contributed by atoms with E-state index in [2.05, 4.69) is 74.5 Å². The van der Waals surface area contributed by atoms with E-state index in [9.17, 15) is 9.79 Å². The molecule has 5 nitrogen and oxygen atoms in total. The molecule has 2 atom stereocenters. The Balaban J connectivity index is -0.000000230. The molecule has 0 aliphatic rings. The van der Waals surface area contributed by atoms with E-state index >= 15 is 0 Å². The van der Waals surface area contributed by atoms with E-state index in [1.807, 2.05) is 0 Å². The third kappa shape index (κ3) is 51.9. The second-order valence-electron chi connectivity index (χ2n) is 7.51. The van der Waals surface area contributed by atoms with Gasteiger partial charge >= 0.3 is 21.1 Å². The Kier molecular flexibility index (Phi) is 42.1. The van der Waals surface area contributed by atoms with Crippen LogP contribution < -0.4 is 9.79 Å². The maximum absolute atomic E-state index is 10.8. The molecule has 0 amide bonds. The van der Waals surface area contributed by atoms with Crippen LogP contribution >= 0.6 is 11.4 Å². The Bertz CT molecular complexity index is 430. The first kappa shape index (κ1) is 42.6. The Morgan fingerprint density at radius 1 is 0.576 bits per heavy atom. The summed E-state index contributed by atoms with van der Waals surface area (Å²) in [5.74, 6) is 0. The number of rotatable bonds is 20. The fourth-order valence-corrected chi connectivity index (χ4v) is 4.42. The average molecular weight is 681 g/mol. The van der Waals surface area contributed by atoms with E-state index < -0.39 is 11.4 Å². The molecule has 33 heavy (non-hydrogen) atoms. The van der Waals surface area contributed by atoms with Crippen LogP contribution in [0.15, 0.2) is 0 Å². The topological polar surface area (TPSA) is 81.7 Å². The molecule has 0 spiro atoms. The van der Waals surface area contributed by atoms with Crippen molar-refractivity contribution in [1.29, 1.82) is 0 Å². The predicted molar refractivity (Wildman–Crippen MR) is 149 cm³/mol. The summed E-state index contributed by atoms with van der Waals surface area (Å²) in [6.45, 7) is 5.36. The fraction of sp³-hybridized carbons (Fsp3) is 1.00. The molecule has 0 aromatic heterocycles. The van der Waals surface area contributed by atoms with Crippen LogP contribution in [-0.4, -0.2) is 17.4 Å². The molecule has 2 unspecified atom stereocenters. The molecule has 0 fully saturated rings. The predicted octanol–water partition coefficient (Wildman–Crippen LogP) is 6.21. The van der Waals surface area contributed by atoms with Gasteiger partial charge in [0, 0.05) is 13.2 Å². The van der Waals surface area contributed by atoms with Crippen LogP contribution in [0.25, 0.3) is 0 Å². The summed E-state index contributed by atoms with van der Waals surface area (Å²) in [7, 11) is 0. The van der Waals surface area contributed by atoms with E-state index in [0.717, 1.165) is 25.7 Å². The zero-order valence-corrected chi connectivity index (χ0v) is 28.0. The van der Waals surface area contributed by atoms with E-state index in [1.54, 1.807) is 0 Å². The van der Waals surface area contributed by atoms with Gasteiger partial charge in [-0.15, -0.1) is 35.0 Å². The maximum Gasteiger partial charge on any atom is 4.00 e. The zero-order chi connectivity index (χ0) is 25.1. The number of hydrogen-bond donors (Lipinski definition) is 0. The van der Waals surface area contributed by atoms with Crippen LogP contribution in [0.3, 0.4) is 0 Å². The average Bonchev–Trinajstić information content (AvgIpc) is 2.72. The standard InChI is InChI=1S/2C10H23O2PS2.Mo.OS/c2*1-2-3-4-5-6-7-8-9-10-12-13(11,14)15;;1-2/h2*2-10H2,1H3,(H2,11,14,15);;/q;;+4;/p-4. The Labute approximate surface area is 244 Å². The van der Waals surface area contributed by atoms with E-state index in [-0.39, 0.29) is 21.1 Å². The second-order valence-corrected chi connectivity index (χ2v) is 17.0. The Morgan fingerprint density at radius 3 is 1.00 bits per heavy atom. The van der Waals surface area contributed by atoms with Gasteiger partial charge in [0.2, 0.25) is 0 Å². The van der Waals surface area contributed by atoms with Crippen molar-refractivity contribution in [1.82, 2.24) is 0 Å². The van der Waals surface area contributed by atoms with Crippen molar-refractivity contribution in [3.8, 4) is 0 Å². The van der Waals surface area contributed by atoms with Crippen molar-refractivity contribution in [2.24, 2.45) is 0 Å². The van der Waals surface area contributed by atoms with Gasteiger partial charge in [-0.1, -0.05) is 104 Å². The third-order valence-corrected chi connectivity index (χ3v) is 6.76. The number of unbranched alkanes of at least 4 members (excludes halogenated alkanes) is 14. The first-order valence-corrected chi connectivity index (χ1v) is 19.3. The summed E-state index contributed by atoms with van der Waals surface area (Å²) in [5.41, 5.74) is -6.14. The molecule has 0 aromatic carbocycles. The van der Waals surface area contributed by atoms with Crippen molar-refractivity contribution in [2.75, 3.05) is 13.2 Å². The molecule has 0 heterocycles. The van der Waals surface area contributed by atoms with Gasteiger partial charge in [0.15, 0.2) is 12.5 Å². The van der Waals surface area contributed by atoms with E-state index in [1.165, 1.54) is 77.0 Å². The maximum atomic E-state index is 10.8.